The molecule has 0 amide bonds. The quantitative estimate of drug-likeness (QED) is 0.774. The Morgan fingerprint density at radius 1 is 1.20 bits per heavy atom. The topological polar surface area (TPSA) is 15.3 Å². The molecule has 1 aromatic rings. The zero-order chi connectivity index (χ0) is 14.4. The predicted molar refractivity (Wildman–Crippen MR) is 86.9 cm³/mol. The minimum Gasteiger partial charge on any atom is -0.312 e. The Morgan fingerprint density at radius 2 is 1.90 bits per heavy atom. The number of benzene rings is 1. The summed E-state index contributed by atoms with van der Waals surface area (Å²) in [5, 5.41) is 3.55. The van der Waals surface area contributed by atoms with Crippen molar-refractivity contribution in [2.24, 2.45) is 5.92 Å². The third-order valence-electron chi connectivity index (χ3n) is 4.87. The van der Waals surface area contributed by atoms with Crippen LogP contribution in [-0.2, 0) is 0 Å². The van der Waals surface area contributed by atoms with Crippen LogP contribution < -0.4 is 5.32 Å². The summed E-state index contributed by atoms with van der Waals surface area (Å²) in [5.74, 6) is 0.942. The van der Waals surface area contributed by atoms with Crippen molar-refractivity contribution in [1.82, 2.24) is 10.2 Å². The van der Waals surface area contributed by atoms with Crippen LogP contribution in [0.3, 0.4) is 0 Å². The predicted octanol–water partition coefficient (Wildman–Crippen LogP) is 3.85. The van der Waals surface area contributed by atoms with Crippen LogP contribution in [0.25, 0.3) is 0 Å². The van der Waals surface area contributed by atoms with Crippen LogP contribution in [-0.4, -0.2) is 31.1 Å². The van der Waals surface area contributed by atoms with E-state index in [0.717, 1.165) is 12.5 Å². The molecule has 1 aliphatic carbocycles. The van der Waals surface area contributed by atoms with Crippen LogP contribution in [0, 0.1) is 5.92 Å². The normalized spacial score (nSPS) is 18.8. The Bertz CT molecular complexity index is 372. The molecule has 1 aromatic carbocycles. The van der Waals surface area contributed by atoms with E-state index in [1.807, 2.05) is 0 Å². The van der Waals surface area contributed by atoms with E-state index in [9.17, 15) is 0 Å². The average molecular weight is 274 g/mol. The number of likely N-dealkylation sites (N-methyl/N-ethyl adjacent to an activating group) is 2. The zero-order valence-corrected chi connectivity index (χ0v) is 13.3. The van der Waals surface area contributed by atoms with Crippen molar-refractivity contribution in [3.63, 3.8) is 0 Å². The monoisotopic (exact) mass is 274 g/mol. The molecule has 0 heterocycles. The fourth-order valence-corrected chi connectivity index (χ4v) is 3.45. The first kappa shape index (κ1) is 15.5. The van der Waals surface area contributed by atoms with Crippen LogP contribution in [0.15, 0.2) is 30.3 Å². The summed E-state index contributed by atoms with van der Waals surface area (Å²) in [5.41, 5.74) is 1.41. The van der Waals surface area contributed by atoms with Gasteiger partial charge in [0.2, 0.25) is 0 Å². The number of nitrogens with zero attached hydrogens (tertiary/aromatic N) is 1. The van der Waals surface area contributed by atoms with Crippen LogP contribution in [0.1, 0.15) is 51.1 Å². The highest BCUT2D eigenvalue weighted by Gasteiger charge is 2.28. The van der Waals surface area contributed by atoms with E-state index in [0.29, 0.717) is 12.1 Å². The van der Waals surface area contributed by atoms with E-state index in [2.05, 4.69) is 61.4 Å². The first-order valence-corrected chi connectivity index (χ1v) is 8.26. The lowest BCUT2D eigenvalue weighted by atomic mass is 9.84. The molecular formula is C18H30N2. The Balaban J connectivity index is 2.10. The van der Waals surface area contributed by atoms with E-state index in [-0.39, 0.29) is 0 Å². The molecule has 0 radical (unpaired) electrons. The van der Waals surface area contributed by atoms with Crippen molar-refractivity contribution >= 4 is 0 Å². The molecule has 0 bridgehead atoms. The summed E-state index contributed by atoms with van der Waals surface area (Å²) in [6.07, 6.45) is 5.50. The molecule has 1 saturated carbocycles. The van der Waals surface area contributed by atoms with Crippen LogP contribution in [0.5, 0.6) is 0 Å². The Morgan fingerprint density at radius 3 is 2.35 bits per heavy atom. The largest absolute Gasteiger partial charge is 0.312 e. The molecule has 112 valence electrons. The minimum atomic E-state index is 0.432. The molecule has 0 saturated heterocycles. The first-order valence-electron chi connectivity index (χ1n) is 8.26. The third kappa shape index (κ3) is 3.62. The van der Waals surface area contributed by atoms with Gasteiger partial charge in [-0.05, 0) is 44.3 Å². The molecule has 20 heavy (non-hydrogen) atoms. The summed E-state index contributed by atoms with van der Waals surface area (Å²) in [6.45, 7) is 7.06. The minimum absolute atomic E-state index is 0.432. The van der Waals surface area contributed by atoms with Crippen molar-refractivity contribution in [3.8, 4) is 0 Å². The van der Waals surface area contributed by atoms with Gasteiger partial charge in [0.05, 0.1) is 0 Å². The molecule has 2 atom stereocenters. The fraction of sp³-hybridized carbons (Fsp3) is 0.667. The maximum atomic E-state index is 3.55. The maximum absolute atomic E-state index is 3.55. The second-order valence-corrected chi connectivity index (χ2v) is 6.04. The number of hydrogen-bond donors (Lipinski definition) is 1. The van der Waals surface area contributed by atoms with Gasteiger partial charge in [0.25, 0.3) is 0 Å². The molecule has 0 aliphatic heterocycles. The Labute approximate surface area is 124 Å². The van der Waals surface area contributed by atoms with Gasteiger partial charge in [-0.25, -0.2) is 0 Å². The van der Waals surface area contributed by atoms with E-state index in [1.165, 1.54) is 37.8 Å². The molecule has 2 rings (SSSR count). The molecule has 1 fully saturated rings. The maximum Gasteiger partial charge on any atom is 0.0475 e. The van der Waals surface area contributed by atoms with Gasteiger partial charge < -0.3 is 5.32 Å². The van der Waals surface area contributed by atoms with Crippen LogP contribution >= 0.6 is 0 Å². The SMILES string of the molecule is CCC(C(NC)c1ccccc1)N(CC)CC1CCC1. The second-order valence-electron chi connectivity index (χ2n) is 6.04. The van der Waals surface area contributed by atoms with E-state index in [1.54, 1.807) is 0 Å². The smallest absolute Gasteiger partial charge is 0.0475 e. The van der Waals surface area contributed by atoms with Crippen molar-refractivity contribution in [1.29, 1.82) is 0 Å². The summed E-state index contributed by atoms with van der Waals surface area (Å²) >= 11 is 0. The summed E-state index contributed by atoms with van der Waals surface area (Å²) < 4.78 is 0. The standard InChI is InChI=1S/C18H30N2/c1-4-17(20(5-2)14-15-10-9-11-15)18(19-3)16-12-7-6-8-13-16/h6-8,12-13,15,17-19H,4-5,9-11,14H2,1-3H3. The van der Waals surface area contributed by atoms with Gasteiger partial charge in [-0.2, -0.15) is 0 Å². The van der Waals surface area contributed by atoms with E-state index < -0.39 is 0 Å². The van der Waals surface area contributed by atoms with Crippen LogP contribution in [0.2, 0.25) is 0 Å². The third-order valence-corrected chi connectivity index (χ3v) is 4.87. The van der Waals surface area contributed by atoms with Gasteiger partial charge in [0, 0.05) is 18.6 Å². The van der Waals surface area contributed by atoms with E-state index in [4.69, 9.17) is 0 Å². The highest BCUT2D eigenvalue weighted by Crippen LogP contribution is 2.30. The number of rotatable bonds is 8. The van der Waals surface area contributed by atoms with E-state index >= 15 is 0 Å². The van der Waals surface area contributed by atoms with Gasteiger partial charge in [-0.1, -0.05) is 50.6 Å². The molecule has 1 N–H and O–H groups in total. The van der Waals surface area contributed by atoms with Crippen molar-refractivity contribution in [2.75, 3.05) is 20.1 Å². The number of hydrogen-bond acceptors (Lipinski definition) is 2. The average Bonchev–Trinajstić information content (AvgIpc) is 2.45. The molecule has 0 spiro atoms. The summed E-state index contributed by atoms with van der Waals surface area (Å²) in [7, 11) is 2.09. The summed E-state index contributed by atoms with van der Waals surface area (Å²) in [4.78, 5) is 2.69. The molecule has 2 heteroatoms. The van der Waals surface area contributed by atoms with Gasteiger partial charge in [-0.15, -0.1) is 0 Å². The molecule has 2 unspecified atom stereocenters. The van der Waals surface area contributed by atoms with Gasteiger partial charge >= 0.3 is 0 Å². The Hall–Kier alpha value is -0.860. The van der Waals surface area contributed by atoms with Gasteiger partial charge in [0.1, 0.15) is 0 Å². The molecular weight excluding hydrogens is 244 g/mol. The first-order chi connectivity index (χ1) is 9.80. The lowest BCUT2D eigenvalue weighted by Crippen LogP contribution is -2.46. The highest BCUT2D eigenvalue weighted by molar-refractivity contribution is 5.20. The lowest BCUT2D eigenvalue weighted by molar-refractivity contribution is 0.112. The fourth-order valence-electron chi connectivity index (χ4n) is 3.45. The zero-order valence-electron chi connectivity index (χ0n) is 13.3. The van der Waals surface area contributed by atoms with Crippen molar-refractivity contribution in [2.45, 2.75) is 51.6 Å². The summed E-state index contributed by atoms with van der Waals surface area (Å²) in [6, 6.07) is 11.9. The molecule has 0 aromatic heterocycles. The molecule has 2 nitrogen and oxygen atoms in total. The van der Waals surface area contributed by atoms with Gasteiger partial charge in [0.15, 0.2) is 0 Å². The van der Waals surface area contributed by atoms with Crippen molar-refractivity contribution in [3.05, 3.63) is 35.9 Å². The van der Waals surface area contributed by atoms with Crippen LogP contribution in [0.4, 0.5) is 0 Å². The Kier molecular flexibility index (Phi) is 6.06. The van der Waals surface area contributed by atoms with Gasteiger partial charge in [-0.3, -0.25) is 4.90 Å². The van der Waals surface area contributed by atoms with Crippen molar-refractivity contribution < 1.29 is 0 Å². The number of nitrogens with one attached hydrogen (secondary N) is 1. The lowest BCUT2D eigenvalue weighted by Gasteiger charge is -2.40. The molecule has 1 aliphatic rings. The highest BCUT2D eigenvalue weighted by atomic mass is 15.2. The second kappa shape index (κ2) is 7.80.